The summed E-state index contributed by atoms with van der Waals surface area (Å²) in [5.41, 5.74) is -2.68. The number of carboxylic acid groups (broad SMARTS) is 1. The number of halogens is 3. The predicted octanol–water partition coefficient (Wildman–Crippen LogP) is 3.19. The molecule has 2 heterocycles. The van der Waals surface area contributed by atoms with E-state index in [4.69, 9.17) is 9.84 Å². The zero-order valence-corrected chi connectivity index (χ0v) is 15.5. The van der Waals surface area contributed by atoms with E-state index in [0.29, 0.717) is 0 Å². The van der Waals surface area contributed by atoms with Gasteiger partial charge in [0.25, 0.3) is 0 Å². The number of rotatable bonds is 3. The molecule has 0 fully saturated rings. The number of aliphatic hydroxyl groups excluding tert-OH is 1. The molecule has 0 aliphatic carbocycles. The molecule has 2 rings (SSSR count). The van der Waals surface area contributed by atoms with Crippen LogP contribution >= 0.6 is 0 Å². The number of aromatic carboxylic acids is 1. The average molecular weight is 397 g/mol. The Hall–Kier alpha value is -3.06. The minimum Gasteiger partial charge on any atom is -0.476 e. The third-order valence-electron chi connectivity index (χ3n) is 3.61. The van der Waals surface area contributed by atoms with Crippen LogP contribution < -0.4 is 4.74 Å². The van der Waals surface area contributed by atoms with Gasteiger partial charge in [0, 0.05) is 11.8 Å². The van der Waals surface area contributed by atoms with Crippen LogP contribution in [0.5, 0.6) is 11.6 Å². The Morgan fingerprint density at radius 3 is 2.43 bits per heavy atom. The molecule has 10 heteroatoms. The Morgan fingerprint density at radius 2 is 1.93 bits per heavy atom. The Bertz CT molecular complexity index is 963. The molecule has 0 amide bonds. The van der Waals surface area contributed by atoms with E-state index in [1.807, 2.05) is 0 Å². The van der Waals surface area contributed by atoms with E-state index in [2.05, 4.69) is 21.9 Å². The number of nitrogens with zero attached hydrogens (tertiary/aromatic N) is 3. The van der Waals surface area contributed by atoms with Gasteiger partial charge >= 0.3 is 12.1 Å². The zero-order chi connectivity index (χ0) is 21.3. The van der Waals surface area contributed by atoms with Crippen molar-refractivity contribution in [2.45, 2.75) is 39.4 Å². The van der Waals surface area contributed by atoms with Crippen LogP contribution in [0.2, 0.25) is 0 Å². The van der Waals surface area contributed by atoms with Gasteiger partial charge in [0.2, 0.25) is 5.88 Å². The van der Waals surface area contributed by atoms with E-state index < -0.39 is 41.2 Å². The molecule has 0 atom stereocenters. The molecule has 0 bridgehead atoms. The molecule has 2 aromatic rings. The fraction of sp³-hybridized carbons (Fsp3) is 0.389. The monoisotopic (exact) mass is 397 g/mol. The SMILES string of the molecule is Cc1c(C(=O)O)nn(C(C)(C)C)c1Oc1cncc(C#CCO)c1C(F)(F)F. The number of pyridine rings is 1. The van der Waals surface area contributed by atoms with E-state index in [9.17, 15) is 23.1 Å². The first-order valence-electron chi connectivity index (χ1n) is 8.04. The van der Waals surface area contributed by atoms with Gasteiger partial charge in [0.1, 0.15) is 12.2 Å². The van der Waals surface area contributed by atoms with E-state index >= 15 is 0 Å². The molecule has 0 spiro atoms. The maximum Gasteiger partial charge on any atom is 0.421 e. The Balaban J connectivity index is 2.71. The van der Waals surface area contributed by atoms with E-state index in [1.165, 1.54) is 11.6 Å². The van der Waals surface area contributed by atoms with Gasteiger partial charge in [-0.2, -0.15) is 18.3 Å². The fourth-order valence-corrected chi connectivity index (χ4v) is 2.40. The molecular formula is C18H18F3N3O4. The molecule has 0 aliphatic rings. The maximum absolute atomic E-state index is 13.7. The molecule has 0 saturated heterocycles. The second-order valence-corrected chi connectivity index (χ2v) is 6.79. The molecule has 0 aromatic carbocycles. The summed E-state index contributed by atoms with van der Waals surface area (Å²) in [6, 6.07) is 0. The summed E-state index contributed by atoms with van der Waals surface area (Å²) < 4.78 is 47.7. The van der Waals surface area contributed by atoms with E-state index in [0.717, 1.165) is 12.4 Å². The first-order valence-corrected chi connectivity index (χ1v) is 8.04. The normalized spacial score (nSPS) is 11.7. The number of hydrogen-bond acceptors (Lipinski definition) is 5. The molecule has 0 aliphatic heterocycles. The molecule has 2 N–H and O–H groups in total. The molecule has 150 valence electrons. The molecule has 0 radical (unpaired) electrons. The zero-order valence-electron chi connectivity index (χ0n) is 15.5. The molecule has 0 unspecified atom stereocenters. The Morgan fingerprint density at radius 1 is 1.29 bits per heavy atom. The summed E-state index contributed by atoms with van der Waals surface area (Å²) >= 11 is 0. The Labute approximate surface area is 158 Å². The minimum atomic E-state index is -4.83. The van der Waals surface area contributed by atoms with Crippen LogP contribution in [0.25, 0.3) is 0 Å². The number of aromatic nitrogens is 3. The smallest absolute Gasteiger partial charge is 0.421 e. The van der Waals surface area contributed by atoms with Crippen molar-refractivity contribution in [1.82, 2.24) is 14.8 Å². The number of hydrogen-bond donors (Lipinski definition) is 2. The van der Waals surface area contributed by atoms with Crippen LogP contribution in [-0.2, 0) is 11.7 Å². The van der Waals surface area contributed by atoms with Crippen LogP contribution in [0, 0.1) is 18.8 Å². The highest BCUT2D eigenvalue weighted by Gasteiger charge is 2.38. The highest BCUT2D eigenvalue weighted by atomic mass is 19.4. The van der Waals surface area contributed by atoms with Crippen molar-refractivity contribution >= 4 is 5.97 Å². The molecule has 28 heavy (non-hydrogen) atoms. The van der Waals surface area contributed by atoms with Gasteiger partial charge < -0.3 is 14.9 Å². The third kappa shape index (κ3) is 4.26. The first kappa shape index (κ1) is 21.2. The van der Waals surface area contributed by atoms with Gasteiger partial charge in [-0.1, -0.05) is 11.8 Å². The first-order chi connectivity index (χ1) is 12.9. The van der Waals surface area contributed by atoms with Gasteiger partial charge in [-0.05, 0) is 27.7 Å². The summed E-state index contributed by atoms with van der Waals surface area (Å²) in [4.78, 5) is 15.1. The van der Waals surface area contributed by atoms with E-state index in [1.54, 1.807) is 20.8 Å². The maximum atomic E-state index is 13.7. The van der Waals surface area contributed by atoms with Crippen LogP contribution in [0.15, 0.2) is 12.4 Å². The highest BCUT2D eigenvalue weighted by molar-refractivity contribution is 5.87. The molecular weight excluding hydrogens is 379 g/mol. The summed E-state index contributed by atoms with van der Waals surface area (Å²) in [6.07, 6.45) is -3.05. The van der Waals surface area contributed by atoms with Crippen molar-refractivity contribution in [2.24, 2.45) is 0 Å². The lowest BCUT2D eigenvalue weighted by molar-refractivity contribution is -0.138. The number of carbonyl (C=O) groups is 1. The van der Waals surface area contributed by atoms with Crippen LogP contribution in [0.1, 0.15) is 48.0 Å². The third-order valence-corrected chi connectivity index (χ3v) is 3.61. The van der Waals surface area contributed by atoms with Crippen LogP contribution in [-0.4, -0.2) is 37.6 Å². The quantitative estimate of drug-likeness (QED) is 0.772. The van der Waals surface area contributed by atoms with Crippen molar-refractivity contribution in [1.29, 1.82) is 0 Å². The van der Waals surface area contributed by atoms with Gasteiger partial charge in [-0.15, -0.1) is 0 Å². The summed E-state index contributed by atoms with van der Waals surface area (Å²) in [5.74, 6) is 2.22. The van der Waals surface area contributed by atoms with Gasteiger partial charge in [0.05, 0.1) is 17.3 Å². The van der Waals surface area contributed by atoms with Gasteiger partial charge in [-0.25, -0.2) is 9.48 Å². The van der Waals surface area contributed by atoms with Crippen molar-refractivity contribution in [3.05, 3.63) is 34.8 Å². The van der Waals surface area contributed by atoms with E-state index in [-0.39, 0.29) is 17.1 Å². The second-order valence-electron chi connectivity index (χ2n) is 6.79. The topological polar surface area (TPSA) is 97.5 Å². The summed E-state index contributed by atoms with van der Waals surface area (Å²) in [6.45, 7) is 5.86. The number of alkyl halides is 3. The largest absolute Gasteiger partial charge is 0.476 e. The van der Waals surface area contributed by atoms with Crippen molar-refractivity contribution in [3.8, 4) is 23.5 Å². The van der Waals surface area contributed by atoms with Crippen LogP contribution in [0.4, 0.5) is 13.2 Å². The number of carboxylic acids is 1. The standard InChI is InChI=1S/C18H18F3N3O4/c1-10-14(16(26)27)23-24(17(2,3)4)15(10)28-12-9-22-8-11(6-5-7-25)13(12)18(19,20)21/h8-9,25H,7H2,1-4H3,(H,26,27). The second kappa shape index (κ2) is 7.52. The van der Waals surface area contributed by atoms with Crippen molar-refractivity contribution < 1.29 is 32.9 Å². The van der Waals surface area contributed by atoms with Gasteiger partial charge in [0.15, 0.2) is 11.4 Å². The molecule has 2 aromatic heterocycles. The summed E-state index contributed by atoms with van der Waals surface area (Å²) in [7, 11) is 0. The average Bonchev–Trinajstić information content (AvgIpc) is 2.89. The molecule has 0 saturated carbocycles. The lowest BCUT2D eigenvalue weighted by atomic mass is 10.1. The fourth-order valence-electron chi connectivity index (χ4n) is 2.40. The summed E-state index contributed by atoms with van der Waals surface area (Å²) in [5, 5.41) is 22.0. The van der Waals surface area contributed by atoms with Crippen molar-refractivity contribution in [2.75, 3.05) is 6.61 Å². The Kier molecular flexibility index (Phi) is 5.70. The number of aliphatic hydroxyl groups is 1. The lowest BCUT2D eigenvalue weighted by Crippen LogP contribution is -2.24. The number of ether oxygens (including phenoxy) is 1. The van der Waals surface area contributed by atoms with Crippen molar-refractivity contribution in [3.63, 3.8) is 0 Å². The predicted molar refractivity (Wildman–Crippen MR) is 92.2 cm³/mol. The lowest BCUT2D eigenvalue weighted by Gasteiger charge is -2.23. The van der Waals surface area contributed by atoms with Gasteiger partial charge in [-0.3, -0.25) is 4.98 Å². The highest BCUT2D eigenvalue weighted by Crippen LogP contribution is 2.41. The van der Waals surface area contributed by atoms with Crippen LogP contribution in [0.3, 0.4) is 0 Å². The minimum absolute atomic E-state index is 0.0717. The molecule has 7 nitrogen and oxygen atoms in total.